The Morgan fingerprint density at radius 2 is 1.71 bits per heavy atom. The average Bonchev–Trinajstić information content (AvgIpc) is 3.07. The van der Waals surface area contributed by atoms with Crippen LogP contribution in [0.4, 0.5) is 14.9 Å². The smallest absolute Gasteiger partial charge is 0.293 e. The second-order valence-electron chi connectivity index (χ2n) is 7.29. The van der Waals surface area contributed by atoms with E-state index in [4.69, 9.17) is 4.74 Å². The van der Waals surface area contributed by atoms with Crippen molar-refractivity contribution in [2.75, 3.05) is 0 Å². The fourth-order valence-corrected chi connectivity index (χ4v) is 4.40. The van der Waals surface area contributed by atoms with Crippen LogP contribution in [0, 0.1) is 15.9 Å². The first-order valence-corrected chi connectivity index (χ1v) is 11.6. The fourth-order valence-electron chi connectivity index (χ4n) is 3.19. The van der Waals surface area contributed by atoms with Gasteiger partial charge in [0.05, 0.1) is 16.4 Å². The molecule has 4 rings (SSSR count). The molecule has 1 heterocycles. The van der Waals surface area contributed by atoms with E-state index in [0.717, 1.165) is 26.7 Å². The molecule has 2 amide bonds. The number of nitro groups is 1. The number of ether oxygens (including phenoxy) is 1. The average molecular weight is 543 g/mol. The van der Waals surface area contributed by atoms with Crippen molar-refractivity contribution >= 4 is 50.6 Å². The van der Waals surface area contributed by atoms with Gasteiger partial charge in [-0.3, -0.25) is 24.6 Å². The van der Waals surface area contributed by atoms with Gasteiger partial charge in [-0.15, -0.1) is 0 Å². The Bertz CT molecular complexity index is 1300. The van der Waals surface area contributed by atoms with Crippen molar-refractivity contribution in [3.8, 4) is 5.75 Å². The zero-order valence-electron chi connectivity index (χ0n) is 17.4. The summed E-state index contributed by atoms with van der Waals surface area (Å²) in [6.07, 6.45) is 1.59. The highest BCUT2D eigenvalue weighted by Crippen LogP contribution is 2.36. The van der Waals surface area contributed by atoms with Gasteiger partial charge in [-0.05, 0) is 71.4 Å². The molecule has 7 nitrogen and oxygen atoms in total. The van der Waals surface area contributed by atoms with E-state index < -0.39 is 21.9 Å². The molecule has 0 spiro atoms. The van der Waals surface area contributed by atoms with Crippen molar-refractivity contribution < 1.29 is 23.6 Å². The second-order valence-corrected chi connectivity index (χ2v) is 9.20. The molecule has 1 saturated heterocycles. The number of hydrogen-bond donors (Lipinski definition) is 0. The number of non-ortho nitro benzene ring substituents is 1. The molecule has 0 N–H and O–H groups in total. The van der Waals surface area contributed by atoms with E-state index >= 15 is 0 Å². The molecule has 0 atom stereocenters. The third-order valence-corrected chi connectivity index (χ3v) is 6.33. The van der Waals surface area contributed by atoms with Crippen LogP contribution in [0.25, 0.3) is 6.08 Å². The molecule has 3 aromatic rings. The quantitative estimate of drug-likeness (QED) is 0.197. The van der Waals surface area contributed by atoms with Crippen LogP contribution in [0.15, 0.2) is 76.1 Å². The maximum atomic E-state index is 13.1. The maximum Gasteiger partial charge on any atom is 0.293 e. The summed E-state index contributed by atoms with van der Waals surface area (Å²) in [4.78, 5) is 37.0. The molecule has 0 radical (unpaired) electrons. The predicted molar refractivity (Wildman–Crippen MR) is 129 cm³/mol. The summed E-state index contributed by atoms with van der Waals surface area (Å²) in [5, 5.41) is 10.4. The first kappa shape index (κ1) is 23.7. The molecule has 10 heteroatoms. The third kappa shape index (κ3) is 5.52. The zero-order chi connectivity index (χ0) is 24.2. The lowest BCUT2D eigenvalue weighted by atomic mass is 10.1. The summed E-state index contributed by atoms with van der Waals surface area (Å²) in [6.45, 7) is 0.205. The second kappa shape index (κ2) is 10.2. The molecular weight excluding hydrogens is 527 g/mol. The Labute approximate surface area is 206 Å². The van der Waals surface area contributed by atoms with Crippen molar-refractivity contribution in [2.45, 2.75) is 13.2 Å². The van der Waals surface area contributed by atoms with E-state index in [9.17, 15) is 24.1 Å². The molecule has 1 fully saturated rings. The van der Waals surface area contributed by atoms with Gasteiger partial charge in [0.2, 0.25) is 0 Å². The molecule has 0 aliphatic carbocycles. The van der Waals surface area contributed by atoms with Crippen LogP contribution in [0.2, 0.25) is 0 Å². The van der Waals surface area contributed by atoms with Crippen LogP contribution in [0.1, 0.15) is 16.7 Å². The molecule has 1 aliphatic heterocycles. The van der Waals surface area contributed by atoms with Crippen molar-refractivity contribution in [3.63, 3.8) is 0 Å². The Morgan fingerprint density at radius 1 is 1.03 bits per heavy atom. The zero-order valence-corrected chi connectivity index (χ0v) is 19.8. The number of rotatable bonds is 7. The fraction of sp³-hybridized carbons (Fsp3) is 0.0833. The van der Waals surface area contributed by atoms with E-state index in [0.29, 0.717) is 16.9 Å². The van der Waals surface area contributed by atoms with E-state index in [1.54, 1.807) is 36.4 Å². The minimum atomic E-state index is -0.472. The van der Waals surface area contributed by atoms with Gasteiger partial charge in [0, 0.05) is 22.2 Å². The van der Waals surface area contributed by atoms with Crippen LogP contribution < -0.4 is 4.74 Å². The lowest BCUT2D eigenvalue weighted by Gasteiger charge is -2.12. The summed E-state index contributed by atoms with van der Waals surface area (Å²) in [5.41, 5.74) is 1.95. The van der Waals surface area contributed by atoms with Crippen LogP contribution in [-0.4, -0.2) is 21.0 Å². The van der Waals surface area contributed by atoms with Crippen LogP contribution in [0.5, 0.6) is 5.75 Å². The number of imide groups is 1. The van der Waals surface area contributed by atoms with Gasteiger partial charge in [-0.1, -0.05) is 28.1 Å². The molecule has 34 heavy (non-hydrogen) atoms. The lowest BCUT2D eigenvalue weighted by Crippen LogP contribution is -2.27. The van der Waals surface area contributed by atoms with Crippen LogP contribution >= 0.6 is 27.7 Å². The largest absolute Gasteiger partial charge is 0.488 e. The Balaban J connectivity index is 1.52. The predicted octanol–water partition coefficient (Wildman–Crippen LogP) is 6.31. The first-order chi connectivity index (χ1) is 16.3. The number of amides is 2. The Morgan fingerprint density at radius 3 is 2.38 bits per heavy atom. The van der Waals surface area contributed by atoms with Crippen molar-refractivity contribution in [2.24, 2.45) is 0 Å². The number of nitrogens with zero attached hydrogens (tertiary/aromatic N) is 2. The highest BCUT2D eigenvalue weighted by molar-refractivity contribution is 9.10. The summed E-state index contributed by atoms with van der Waals surface area (Å²) in [6, 6.07) is 16.9. The highest BCUT2D eigenvalue weighted by atomic mass is 79.9. The minimum absolute atomic E-state index is 0.00977. The molecule has 172 valence electrons. The van der Waals surface area contributed by atoms with Crippen molar-refractivity contribution in [1.29, 1.82) is 0 Å². The minimum Gasteiger partial charge on any atom is -0.488 e. The SMILES string of the molecule is O=C1S/C(=C\c2cc(Br)ccc2OCc2ccc([N+](=O)[O-])cc2)C(=O)N1Cc1ccc(F)cc1. The number of halogens is 2. The summed E-state index contributed by atoms with van der Waals surface area (Å²) >= 11 is 4.23. The van der Waals surface area contributed by atoms with Gasteiger partial charge in [0.1, 0.15) is 18.2 Å². The number of carbonyl (C=O) groups is 2. The standard InChI is InChI=1S/C24H16BrFN2O5S/c25-18-5-10-21(33-14-16-3-8-20(9-4-16)28(31)32)17(11-18)12-22-23(29)27(24(30)34-22)13-15-1-6-19(26)7-2-15/h1-12H,13-14H2/b22-12-. The molecule has 0 aromatic heterocycles. The van der Waals surface area contributed by atoms with E-state index in [2.05, 4.69) is 15.9 Å². The van der Waals surface area contributed by atoms with Crippen molar-refractivity contribution in [3.05, 3.63) is 109 Å². The lowest BCUT2D eigenvalue weighted by molar-refractivity contribution is -0.384. The molecular formula is C24H16BrFN2O5S. The van der Waals surface area contributed by atoms with Crippen molar-refractivity contribution in [1.82, 2.24) is 4.90 Å². The van der Waals surface area contributed by atoms with Gasteiger partial charge < -0.3 is 4.74 Å². The third-order valence-electron chi connectivity index (χ3n) is 4.93. The van der Waals surface area contributed by atoms with Gasteiger partial charge in [0.15, 0.2) is 0 Å². The summed E-state index contributed by atoms with van der Waals surface area (Å²) < 4.78 is 19.8. The van der Waals surface area contributed by atoms with Crippen LogP contribution in [-0.2, 0) is 17.9 Å². The number of benzene rings is 3. The first-order valence-electron chi connectivity index (χ1n) is 9.95. The Kier molecular flexibility index (Phi) is 7.09. The van der Waals surface area contributed by atoms with Gasteiger partial charge in [-0.2, -0.15) is 0 Å². The molecule has 0 bridgehead atoms. The number of thioether (sulfide) groups is 1. The number of carbonyl (C=O) groups excluding carboxylic acids is 2. The van der Waals surface area contributed by atoms with Gasteiger partial charge >= 0.3 is 0 Å². The summed E-state index contributed by atoms with van der Waals surface area (Å²) in [7, 11) is 0. The maximum absolute atomic E-state index is 13.1. The topological polar surface area (TPSA) is 89.7 Å². The Hall–Kier alpha value is -3.50. The highest BCUT2D eigenvalue weighted by Gasteiger charge is 2.35. The summed E-state index contributed by atoms with van der Waals surface area (Å²) in [5.74, 6) is -0.360. The van der Waals surface area contributed by atoms with E-state index in [1.807, 2.05) is 0 Å². The molecule has 0 saturated carbocycles. The van der Waals surface area contributed by atoms with Crippen LogP contribution in [0.3, 0.4) is 0 Å². The number of nitro benzene ring substituents is 1. The molecule has 3 aromatic carbocycles. The molecule has 0 unspecified atom stereocenters. The van der Waals surface area contributed by atoms with Gasteiger partial charge in [-0.25, -0.2) is 4.39 Å². The van der Waals surface area contributed by atoms with Gasteiger partial charge in [0.25, 0.3) is 16.8 Å². The van der Waals surface area contributed by atoms with E-state index in [1.165, 1.54) is 36.4 Å². The monoisotopic (exact) mass is 542 g/mol. The number of hydrogen-bond acceptors (Lipinski definition) is 6. The normalized spacial score (nSPS) is 14.6. The molecule has 1 aliphatic rings. The van der Waals surface area contributed by atoms with E-state index in [-0.39, 0.29) is 23.7 Å².